The predicted molar refractivity (Wildman–Crippen MR) is 105 cm³/mol. The topological polar surface area (TPSA) is 65.5 Å². The van der Waals surface area contributed by atoms with Crippen LogP contribution in [0.2, 0.25) is 0 Å². The maximum Gasteiger partial charge on any atom is 0.387 e. The fraction of sp³-hybridized carbons (Fsp3) is 0.333. The molecule has 1 fully saturated rings. The molecule has 8 heteroatoms. The molecule has 0 amide bonds. The Balaban J connectivity index is 1.52. The first-order valence-electron chi connectivity index (χ1n) is 9.36. The summed E-state index contributed by atoms with van der Waals surface area (Å²) in [7, 11) is 0. The number of pyridine rings is 2. The standard InChI is InChI=1S/C21H21F2N3O3/c1-13-8-19(17-10-15(29-21(22)23)2-3-18(17)26-13)25-11-14-4-6-24-20(9-14)28-16-5-7-27-12-16/h2-4,6,8-10,16,21H,5,7,11-12H2,1H3,(H,25,26). The van der Waals surface area contributed by atoms with Crippen molar-refractivity contribution >= 4 is 16.6 Å². The number of fused-ring (bicyclic) bond motifs is 1. The minimum atomic E-state index is -2.87. The molecule has 6 nitrogen and oxygen atoms in total. The number of benzene rings is 1. The second-order valence-electron chi connectivity index (χ2n) is 6.83. The van der Waals surface area contributed by atoms with E-state index < -0.39 is 6.61 Å². The number of aryl methyl sites for hydroxylation is 1. The van der Waals surface area contributed by atoms with Crippen LogP contribution in [-0.2, 0) is 11.3 Å². The van der Waals surface area contributed by atoms with Gasteiger partial charge in [0.2, 0.25) is 5.88 Å². The van der Waals surface area contributed by atoms with Gasteiger partial charge in [-0.2, -0.15) is 8.78 Å². The van der Waals surface area contributed by atoms with E-state index in [9.17, 15) is 8.78 Å². The van der Waals surface area contributed by atoms with Gasteiger partial charge in [0.05, 0.1) is 18.7 Å². The van der Waals surface area contributed by atoms with Crippen molar-refractivity contribution in [2.75, 3.05) is 18.5 Å². The number of alkyl halides is 2. The summed E-state index contributed by atoms with van der Waals surface area (Å²) in [5.41, 5.74) is 3.30. The van der Waals surface area contributed by atoms with Crippen molar-refractivity contribution in [3.63, 3.8) is 0 Å². The van der Waals surface area contributed by atoms with Gasteiger partial charge in [-0.1, -0.05) is 0 Å². The maximum absolute atomic E-state index is 12.6. The quantitative estimate of drug-likeness (QED) is 0.636. The lowest BCUT2D eigenvalue weighted by atomic mass is 10.1. The van der Waals surface area contributed by atoms with Gasteiger partial charge in [0.25, 0.3) is 0 Å². The molecular weight excluding hydrogens is 380 g/mol. The van der Waals surface area contributed by atoms with Crippen molar-refractivity contribution in [1.82, 2.24) is 9.97 Å². The van der Waals surface area contributed by atoms with Gasteiger partial charge in [-0.15, -0.1) is 0 Å². The molecule has 152 valence electrons. The van der Waals surface area contributed by atoms with E-state index >= 15 is 0 Å². The lowest BCUT2D eigenvalue weighted by molar-refractivity contribution is -0.0497. The molecule has 1 aromatic carbocycles. The lowest BCUT2D eigenvalue weighted by Gasteiger charge is -2.14. The van der Waals surface area contributed by atoms with Crippen molar-refractivity contribution in [3.8, 4) is 11.6 Å². The molecule has 0 spiro atoms. The van der Waals surface area contributed by atoms with Gasteiger partial charge in [-0.25, -0.2) is 4.98 Å². The summed E-state index contributed by atoms with van der Waals surface area (Å²) in [6, 6.07) is 10.4. The molecule has 4 rings (SSSR count). The van der Waals surface area contributed by atoms with E-state index in [0.29, 0.717) is 36.5 Å². The Morgan fingerprint density at radius 2 is 2.14 bits per heavy atom. The molecule has 1 aliphatic rings. The minimum absolute atomic E-state index is 0.0331. The Kier molecular flexibility index (Phi) is 5.71. The number of nitrogens with zero attached hydrogens (tertiary/aromatic N) is 2. The maximum atomic E-state index is 12.6. The van der Waals surface area contributed by atoms with Gasteiger partial charge in [0, 0.05) is 42.0 Å². The Labute approximate surface area is 166 Å². The fourth-order valence-corrected chi connectivity index (χ4v) is 3.26. The number of hydrogen-bond acceptors (Lipinski definition) is 6. The summed E-state index contributed by atoms with van der Waals surface area (Å²) in [5.74, 6) is 0.655. The van der Waals surface area contributed by atoms with Gasteiger partial charge in [-0.05, 0) is 42.8 Å². The van der Waals surface area contributed by atoms with Crippen LogP contribution in [0.3, 0.4) is 0 Å². The molecular formula is C21H21F2N3O3. The van der Waals surface area contributed by atoms with Crippen molar-refractivity contribution in [2.45, 2.75) is 32.6 Å². The molecule has 1 saturated heterocycles. The normalized spacial score (nSPS) is 16.3. The molecule has 3 heterocycles. The van der Waals surface area contributed by atoms with Crippen LogP contribution in [0, 0.1) is 6.92 Å². The van der Waals surface area contributed by atoms with E-state index in [0.717, 1.165) is 23.4 Å². The minimum Gasteiger partial charge on any atom is -0.472 e. The van der Waals surface area contributed by atoms with E-state index in [4.69, 9.17) is 9.47 Å². The number of ether oxygens (including phenoxy) is 3. The largest absolute Gasteiger partial charge is 0.472 e. The van der Waals surface area contributed by atoms with Crippen molar-refractivity contribution in [2.24, 2.45) is 0 Å². The second kappa shape index (κ2) is 8.57. The monoisotopic (exact) mass is 401 g/mol. The van der Waals surface area contributed by atoms with Crippen molar-refractivity contribution in [1.29, 1.82) is 0 Å². The lowest BCUT2D eigenvalue weighted by Crippen LogP contribution is -2.16. The number of hydrogen-bond donors (Lipinski definition) is 1. The fourth-order valence-electron chi connectivity index (χ4n) is 3.26. The summed E-state index contributed by atoms with van der Waals surface area (Å²) >= 11 is 0. The molecule has 0 bridgehead atoms. The molecule has 0 saturated carbocycles. The smallest absolute Gasteiger partial charge is 0.387 e. The molecule has 1 N–H and O–H groups in total. The van der Waals surface area contributed by atoms with Gasteiger partial charge in [0.15, 0.2) is 0 Å². The third kappa shape index (κ3) is 4.89. The molecule has 3 aromatic rings. The van der Waals surface area contributed by atoms with E-state index in [1.165, 1.54) is 6.07 Å². The molecule has 1 aliphatic heterocycles. The number of anilines is 1. The zero-order valence-corrected chi connectivity index (χ0v) is 15.9. The summed E-state index contributed by atoms with van der Waals surface area (Å²) in [4.78, 5) is 8.72. The first kappa shape index (κ1) is 19.3. The van der Waals surface area contributed by atoms with Gasteiger partial charge in [-0.3, -0.25) is 4.98 Å². The Bertz CT molecular complexity index is 994. The summed E-state index contributed by atoms with van der Waals surface area (Å²) in [5, 5.41) is 4.07. The van der Waals surface area contributed by atoms with Crippen LogP contribution in [-0.4, -0.2) is 35.9 Å². The Morgan fingerprint density at radius 1 is 1.24 bits per heavy atom. The van der Waals surface area contributed by atoms with E-state index in [-0.39, 0.29) is 11.9 Å². The average Bonchev–Trinajstić information content (AvgIpc) is 3.19. The van der Waals surface area contributed by atoms with Crippen molar-refractivity contribution < 1.29 is 23.0 Å². The highest BCUT2D eigenvalue weighted by Gasteiger charge is 2.17. The van der Waals surface area contributed by atoms with Crippen LogP contribution in [0.25, 0.3) is 10.9 Å². The number of halogens is 2. The van der Waals surface area contributed by atoms with E-state index in [1.807, 2.05) is 25.1 Å². The van der Waals surface area contributed by atoms with Crippen LogP contribution in [0.4, 0.5) is 14.5 Å². The highest BCUT2D eigenvalue weighted by Crippen LogP contribution is 2.28. The van der Waals surface area contributed by atoms with Crippen LogP contribution < -0.4 is 14.8 Å². The molecule has 2 aromatic heterocycles. The Hall–Kier alpha value is -3.00. The third-order valence-electron chi connectivity index (χ3n) is 4.59. The van der Waals surface area contributed by atoms with Gasteiger partial charge < -0.3 is 19.5 Å². The first-order chi connectivity index (χ1) is 14.1. The Morgan fingerprint density at radius 3 is 2.93 bits per heavy atom. The molecule has 1 unspecified atom stereocenters. The van der Waals surface area contributed by atoms with Crippen LogP contribution in [0.5, 0.6) is 11.6 Å². The summed E-state index contributed by atoms with van der Waals surface area (Å²) in [6.07, 6.45) is 2.59. The van der Waals surface area contributed by atoms with E-state index in [1.54, 1.807) is 18.3 Å². The average molecular weight is 401 g/mol. The predicted octanol–water partition coefficient (Wildman–Crippen LogP) is 4.32. The third-order valence-corrected chi connectivity index (χ3v) is 4.59. The zero-order valence-electron chi connectivity index (χ0n) is 15.9. The first-order valence-corrected chi connectivity index (χ1v) is 9.36. The zero-order chi connectivity index (χ0) is 20.2. The SMILES string of the molecule is Cc1cc(NCc2ccnc(OC3CCOC3)c2)c2cc(OC(F)F)ccc2n1. The summed E-state index contributed by atoms with van der Waals surface area (Å²) in [6.45, 7) is 0.810. The van der Waals surface area contributed by atoms with Crippen LogP contribution in [0.1, 0.15) is 17.7 Å². The van der Waals surface area contributed by atoms with Crippen molar-refractivity contribution in [3.05, 3.63) is 53.9 Å². The molecule has 29 heavy (non-hydrogen) atoms. The van der Waals surface area contributed by atoms with Gasteiger partial charge in [0.1, 0.15) is 11.9 Å². The van der Waals surface area contributed by atoms with Crippen LogP contribution >= 0.6 is 0 Å². The number of nitrogens with one attached hydrogen (secondary N) is 1. The van der Waals surface area contributed by atoms with Crippen LogP contribution in [0.15, 0.2) is 42.6 Å². The number of aromatic nitrogens is 2. The number of rotatable bonds is 7. The van der Waals surface area contributed by atoms with Gasteiger partial charge >= 0.3 is 6.61 Å². The second-order valence-corrected chi connectivity index (χ2v) is 6.83. The highest BCUT2D eigenvalue weighted by atomic mass is 19.3. The molecule has 0 radical (unpaired) electrons. The highest BCUT2D eigenvalue weighted by molar-refractivity contribution is 5.92. The molecule has 0 aliphatic carbocycles. The summed E-state index contributed by atoms with van der Waals surface area (Å²) < 4.78 is 40.8. The van der Waals surface area contributed by atoms with E-state index in [2.05, 4.69) is 20.0 Å². The molecule has 1 atom stereocenters.